The van der Waals surface area contributed by atoms with Crippen molar-refractivity contribution in [2.24, 2.45) is 5.73 Å². The maximum Gasteiger partial charge on any atom is 0.326 e. The minimum Gasteiger partial charge on any atom is -0.480 e. The molecule has 0 spiro atoms. The number of primary amides is 1. The lowest BCUT2D eigenvalue weighted by Gasteiger charge is -2.13. The number of amides is 2. The van der Waals surface area contributed by atoms with E-state index in [4.69, 9.17) is 15.4 Å². The Balaban J connectivity index is 2.77. The maximum atomic E-state index is 11.9. The number of aryl methyl sites for hydroxylation is 2. The summed E-state index contributed by atoms with van der Waals surface area (Å²) in [4.78, 5) is 33.5. The first-order valence-corrected chi connectivity index (χ1v) is 5.57. The van der Waals surface area contributed by atoms with Crippen molar-refractivity contribution in [3.05, 3.63) is 17.0 Å². The van der Waals surface area contributed by atoms with Crippen molar-refractivity contribution >= 4 is 17.8 Å². The molecule has 1 rings (SSSR count). The Hall–Kier alpha value is -2.38. The third-order valence-corrected chi connectivity index (χ3v) is 2.54. The molecule has 8 heteroatoms. The summed E-state index contributed by atoms with van der Waals surface area (Å²) in [6.07, 6.45) is -0.196. The van der Waals surface area contributed by atoms with Crippen molar-refractivity contribution in [1.82, 2.24) is 10.5 Å². The molecule has 1 atom stereocenters. The molecule has 0 fully saturated rings. The van der Waals surface area contributed by atoms with E-state index in [0.717, 1.165) is 0 Å². The molecule has 0 unspecified atom stereocenters. The van der Waals surface area contributed by atoms with E-state index in [2.05, 4.69) is 10.5 Å². The SMILES string of the molecule is Cc1noc(C)c1C(=O)N[C@@H](CCC(N)=O)C(=O)O. The monoisotopic (exact) mass is 269 g/mol. The van der Waals surface area contributed by atoms with Gasteiger partial charge in [-0.15, -0.1) is 0 Å². The number of carbonyl (C=O) groups excluding carboxylic acids is 2. The van der Waals surface area contributed by atoms with Gasteiger partial charge in [-0.3, -0.25) is 9.59 Å². The standard InChI is InChI=1S/C11H15N3O5/c1-5-9(6(2)19-14-5)10(16)13-7(11(17)18)3-4-8(12)15/h7H,3-4H2,1-2H3,(H2,12,15)(H,13,16)(H,17,18)/t7-/m0/s1. The molecule has 0 aliphatic rings. The number of hydrogen-bond donors (Lipinski definition) is 3. The fourth-order valence-electron chi connectivity index (χ4n) is 1.58. The van der Waals surface area contributed by atoms with Gasteiger partial charge in [0.2, 0.25) is 5.91 Å². The van der Waals surface area contributed by atoms with Gasteiger partial charge in [-0.1, -0.05) is 5.16 Å². The van der Waals surface area contributed by atoms with Crippen molar-refractivity contribution in [3.8, 4) is 0 Å². The molecule has 104 valence electrons. The van der Waals surface area contributed by atoms with E-state index in [9.17, 15) is 14.4 Å². The maximum absolute atomic E-state index is 11.9. The van der Waals surface area contributed by atoms with E-state index >= 15 is 0 Å². The fraction of sp³-hybridized carbons (Fsp3) is 0.455. The predicted octanol–water partition coefficient (Wildman–Crippen LogP) is -0.260. The lowest BCUT2D eigenvalue weighted by atomic mass is 10.1. The van der Waals surface area contributed by atoms with Crippen LogP contribution < -0.4 is 11.1 Å². The van der Waals surface area contributed by atoms with Crippen LogP contribution in [0.25, 0.3) is 0 Å². The topological polar surface area (TPSA) is 136 Å². The third-order valence-electron chi connectivity index (χ3n) is 2.54. The van der Waals surface area contributed by atoms with Gasteiger partial charge in [0.25, 0.3) is 5.91 Å². The first kappa shape index (κ1) is 14.7. The van der Waals surface area contributed by atoms with Gasteiger partial charge in [0, 0.05) is 6.42 Å². The summed E-state index contributed by atoms with van der Waals surface area (Å²) in [5.41, 5.74) is 5.51. The highest BCUT2D eigenvalue weighted by molar-refractivity contribution is 5.98. The smallest absolute Gasteiger partial charge is 0.326 e. The molecule has 1 aromatic heterocycles. The number of carboxylic acids is 1. The Bertz CT molecular complexity index is 489. The van der Waals surface area contributed by atoms with Crippen LogP contribution in [0.1, 0.15) is 34.7 Å². The summed E-state index contributed by atoms with van der Waals surface area (Å²) < 4.78 is 4.82. The first-order valence-electron chi connectivity index (χ1n) is 5.57. The van der Waals surface area contributed by atoms with Crippen molar-refractivity contribution in [3.63, 3.8) is 0 Å². The van der Waals surface area contributed by atoms with E-state index in [1.807, 2.05) is 0 Å². The Morgan fingerprint density at radius 1 is 1.42 bits per heavy atom. The second-order valence-corrected chi connectivity index (χ2v) is 4.07. The summed E-state index contributed by atoms with van der Waals surface area (Å²) in [5, 5.41) is 14.9. The molecule has 0 saturated heterocycles. The van der Waals surface area contributed by atoms with Gasteiger partial charge in [-0.25, -0.2) is 4.79 Å². The predicted molar refractivity (Wildman–Crippen MR) is 63.3 cm³/mol. The van der Waals surface area contributed by atoms with Crippen LogP contribution in [0.15, 0.2) is 4.52 Å². The molecule has 4 N–H and O–H groups in total. The lowest BCUT2D eigenvalue weighted by molar-refractivity contribution is -0.139. The average molecular weight is 269 g/mol. The van der Waals surface area contributed by atoms with Gasteiger partial charge in [-0.2, -0.15) is 0 Å². The Kier molecular flexibility index (Phi) is 4.62. The second-order valence-electron chi connectivity index (χ2n) is 4.07. The van der Waals surface area contributed by atoms with Crippen LogP contribution in [0.3, 0.4) is 0 Å². The van der Waals surface area contributed by atoms with Gasteiger partial charge in [0.1, 0.15) is 17.4 Å². The molecule has 0 bridgehead atoms. The van der Waals surface area contributed by atoms with Crippen LogP contribution in [0.2, 0.25) is 0 Å². The summed E-state index contributed by atoms with van der Waals surface area (Å²) in [7, 11) is 0. The first-order chi connectivity index (χ1) is 8.82. The lowest BCUT2D eigenvalue weighted by Crippen LogP contribution is -2.41. The van der Waals surface area contributed by atoms with E-state index in [1.54, 1.807) is 13.8 Å². The van der Waals surface area contributed by atoms with Crippen molar-refractivity contribution in [2.45, 2.75) is 32.7 Å². The minimum atomic E-state index is -1.23. The van der Waals surface area contributed by atoms with E-state index in [1.165, 1.54) is 0 Å². The van der Waals surface area contributed by atoms with Gasteiger partial charge in [-0.05, 0) is 20.3 Å². The van der Waals surface area contributed by atoms with Crippen LogP contribution in [0.5, 0.6) is 0 Å². The molecule has 0 aromatic carbocycles. The normalized spacial score (nSPS) is 11.9. The highest BCUT2D eigenvalue weighted by Crippen LogP contribution is 2.12. The highest BCUT2D eigenvalue weighted by atomic mass is 16.5. The molecule has 2 amide bonds. The number of aromatic nitrogens is 1. The Morgan fingerprint density at radius 3 is 2.47 bits per heavy atom. The van der Waals surface area contributed by atoms with Crippen molar-refractivity contribution in [2.75, 3.05) is 0 Å². The number of carbonyl (C=O) groups is 3. The third kappa shape index (κ3) is 3.80. The Labute approximate surface area is 108 Å². The fourth-order valence-corrected chi connectivity index (χ4v) is 1.58. The molecule has 0 aliphatic carbocycles. The zero-order chi connectivity index (χ0) is 14.6. The summed E-state index contributed by atoms with van der Waals surface area (Å²) in [6.45, 7) is 3.12. The second kappa shape index (κ2) is 5.98. The number of aliphatic carboxylic acids is 1. The summed E-state index contributed by atoms with van der Waals surface area (Å²) in [6, 6.07) is -1.19. The van der Waals surface area contributed by atoms with Crippen LogP contribution in [-0.2, 0) is 9.59 Å². The molecular formula is C11H15N3O5. The van der Waals surface area contributed by atoms with Gasteiger partial charge < -0.3 is 20.7 Å². The van der Waals surface area contributed by atoms with Crippen LogP contribution >= 0.6 is 0 Å². The van der Waals surface area contributed by atoms with Crippen LogP contribution in [-0.4, -0.2) is 34.1 Å². The van der Waals surface area contributed by atoms with Crippen molar-refractivity contribution < 1.29 is 24.0 Å². The minimum absolute atomic E-state index is 0.0697. The largest absolute Gasteiger partial charge is 0.480 e. The molecule has 0 aliphatic heterocycles. The number of rotatable bonds is 6. The van der Waals surface area contributed by atoms with Crippen LogP contribution in [0.4, 0.5) is 0 Å². The van der Waals surface area contributed by atoms with Gasteiger partial charge in [0.15, 0.2) is 0 Å². The molecular weight excluding hydrogens is 254 g/mol. The summed E-state index contributed by atoms with van der Waals surface area (Å²) in [5.74, 6) is -2.17. The number of nitrogens with one attached hydrogen (secondary N) is 1. The quantitative estimate of drug-likeness (QED) is 0.651. The zero-order valence-corrected chi connectivity index (χ0v) is 10.6. The van der Waals surface area contributed by atoms with Crippen LogP contribution in [0, 0.1) is 13.8 Å². The molecule has 1 heterocycles. The molecule has 0 radical (unpaired) electrons. The molecule has 8 nitrogen and oxygen atoms in total. The van der Waals surface area contributed by atoms with E-state index < -0.39 is 23.8 Å². The average Bonchev–Trinajstić information content (AvgIpc) is 2.63. The van der Waals surface area contributed by atoms with E-state index in [-0.39, 0.29) is 18.4 Å². The van der Waals surface area contributed by atoms with Gasteiger partial charge in [0.05, 0.1) is 5.69 Å². The Morgan fingerprint density at radius 2 is 2.05 bits per heavy atom. The number of carboxylic acid groups (broad SMARTS) is 1. The van der Waals surface area contributed by atoms with E-state index in [0.29, 0.717) is 11.5 Å². The zero-order valence-electron chi connectivity index (χ0n) is 10.6. The molecule has 19 heavy (non-hydrogen) atoms. The molecule has 1 aromatic rings. The van der Waals surface area contributed by atoms with Crippen molar-refractivity contribution in [1.29, 1.82) is 0 Å². The summed E-state index contributed by atoms with van der Waals surface area (Å²) >= 11 is 0. The van der Waals surface area contributed by atoms with Gasteiger partial charge >= 0.3 is 5.97 Å². The highest BCUT2D eigenvalue weighted by Gasteiger charge is 2.24. The number of nitrogens with zero attached hydrogens (tertiary/aromatic N) is 1. The number of nitrogens with two attached hydrogens (primary N) is 1. The molecule has 0 saturated carbocycles. The number of hydrogen-bond acceptors (Lipinski definition) is 5.